The lowest BCUT2D eigenvalue weighted by atomic mass is 10.5. The summed E-state index contributed by atoms with van der Waals surface area (Å²) in [5.41, 5.74) is 0.180. The summed E-state index contributed by atoms with van der Waals surface area (Å²) < 4.78 is 4.04. The Morgan fingerprint density at radius 3 is 2.16 bits per heavy atom. The fraction of sp³-hybridized carbons (Fsp3) is 0.455. The van der Waals surface area contributed by atoms with Gasteiger partial charge in [0.15, 0.2) is 11.2 Å². The first-order valence-electron chi connectivity index (χ1n) is 5.50. The molecule has 2 aromatic heterocycles. The molecule has 0 spiro atoms. The van der Waals surface area contributed by atoms with Crippen LogP contribution in [0.5, 0.6) is 0 Å². The Balaban J connectivity index is 0.000000312. The second kappa shape index (κ2) is 5.51. The van der Waals surface area contributed by atoms with Gasteiger partial charge in [-0.25, -0.2) is 9.78 Å². The quantitative estimate of drug-likeness (QED) is 0.600. The zero-order chi connectivity index (χ0) is 14.7. The minimum absolute atomic E-state index is 0.317. The van der Waals surface area contributed by atoms with Gasteiger partial charge >= 0.3 is 5.69 Å². The van der Waals surface area contributed by atoms with Gasteiger partial charge in [0.2, 0.25) is 6.41 Å². The van der Waals surface area contributed by atoms with Crippen molar-refractivity contribution in [2.75, 3.05) is 14.1 Å². The minimum Gasteiger partial charge on any atom is -0.351 e. The number of carbonyl (C=O) groups is 1. The molecule has 0 radical (unpaired) electrons. The molecule has 0 bridgehead atoms. The molecule has 0 fully saturated rings. The van der Waals surface area contributed by atoms with Gasteiger partial charge in [-0.2, -0.15) is 0 Å². The maximum absolute atomic E-state index is 11.7. The van der Waals surface area contributed by atoms with Crippen LogP contribution >= 0.6 is 0 Å². The molecule has 0 unspecified atom stereocenters. The Kier molecular flexibility index (Phi) is 4.26. The van der Waals surface area contributed by atoms with Gasteiger partial charge in [-0.1, -0.05) is 0 Å². The molecule has 0 aromatic carbocycles. The Bertz CT molecular complexity index is 707. The summed E-state index contributed by atoms with van der Waals surface area (Å²) in [6.45, 7) is 0. The highest BCUT2D eigenvalue weighted by molar-refractivity contribution is 5.69. The first kappa shape index (κ1) is 14.7. The van der Waals surface area contributed by atoms with E-state index in [2.05, 4.69) is 4.98 Å². The first-order valence-corrected chi connectivity index (χ1v) is 5.50. The van der Waals surface area contributed by atoms with Crippen LogP contribution in [0, 0.1) is 0 Å². The molecule has 2 heterocycles. The van der Waals surface area contributed by atoms with Crippen LogP contribution in [0.1, 0.15) is 0 Å². The minimum atomic E-state index is -0.360. The number of fused-ring (bicyclic) bond motifs is 1. The number of hydrogen-bond acceptors (Lipinski definition) is 4. The van der Waals surface area contributed by atoms with Crippen molar-refractivity contribution in [1.29, 1.82) is 0 Å². The smallest absolute Gasteiger partial charge is 0.332 e. The first-order chi connectivity index (χ1) is 8.81. The average Bonchev–Trinajstić information content (AvgIpc) is 2.76. The number of aromatic nitrogens is 4. The second-order valence-electron chi connectivity index (χ2n) is 4.30. The van der Waals surface area contributed by atoms with Crippen molar-refractivity contribution in [3.8, 4) is 0 Å². The standard InChI is InChI=1S/C8H10N4O2.C3H7NO/c1-10-4-9-6-5(10)7(13)12(3)8(14)11(6)2;1-4(2)3-5/h4H,1-3H3;3H,1-2H3. The molecule has 104 valence electrons. The summed E-state index contributed by atoms with van der Waals surface area (Å²) in [6.07, 6.45) is 2.27. The summed E-state index contributed by atoms with van der Waals surface area (Å²) in [6, 6.07) is 0. The molecular formula is C11H17N5O3. The predicted octanol–water partition coefficient (Wildman–Crippen LogP) is -1.32. The fourth-order valence-electron chi connectivity index (χ4n) is 1.47. The molecule has 0 atom stereocenters. The van der Waals surface area contributed by atoms with Crippen LogP contribution in [-0.4, -0.2) is 44.1 Å². The molecule has 0 aliphatic heterocycles. The Hall–Kier alpha value is -2.38. The van der Waals surface area contributed by atoms with E-state index in [-0.39, 0.29) is 11.2 Å². The van der Waals surface area contributed by atoms with Crippen molar-refractivity contribution < 1.29 is 4.79 Å². The molecule has 8 nitrogen and oxygen atoms in total. The van der Waals surface area contributed by atoms with Gasteiger partial charge < -0.3 is 9.47 Å². The van der Waals surface area contributed by atoms with E-state index in [9.17, 15) is 14.4 Å². The highest BCUT2D eigenvalue weighted by Gasteiger charge is 2.11. The highest BCUT2D eigenvalue weighted by atomic mass is 16.2. The van der Waals surface area contributed by atoms with E-state index in [1.165, 1.54) is 22.8 Å². The van der Waals surface area contributed by atoms with E-state index in [1.54, 1.807) is 32.8 Å². The van der Waals surface area contributed by atoms with Crippen LogP contribution in [0.25, 0.3) is 11.2 Å². The lowest BCUT2D eigenvalue weighted by molar-refractivity contribution is -0.115. The van der Waals surface area contributed by atoms with E-state index < -0.39 is 0 Å². The van der Waals surface area contributed by atoms with E-state index in [0.717, 1.165) is 11.0 Å². The zero-order valence-electron chi connectivity index (χ0n) is 11.6. The maximum Gasteiger partial charge on any atom is 0.332 e. The third-order valence-electron chi connectivity index (χ3n) is 2.53. The SMILES string of the molecule is CN(C)C=O.Cn1c(=O)c2c(ncn2C)n(C)c1=O. The number of amides is 1. The van der Waals surface area contributed by atoms with E-state index in [1.807, 2.05) is 0 Å². The van der Waals surface area contributed by atoms with Crippen LogP contribution < -0.4 is 11.2 Å². The number of aryl methyl sites for hydroxylation is 2. The van der Waals surface area contributed by atoms with Gasteiger partial charge in [-0.15, -0.1) is 0 Å². The average molecular weight is 267 g/mol. The van der Waals surface area contributed by atoms with E-state index in [4.69, 9.17) is 0 Å². The summed E-state index contributed by atoms with van der Waals surface area (Å²) >= 11 is 0. The van der Waals surface area contributed by atoms with Crippen molar-refractivity contribution >= 4 is 17.6 Å². The van der Waals surface area contributed by atoms with Gasteiger partial charge in [0.05, 0.1) is 6.33 Å². The Morgan fingerprint density at radius 1 is 1.16 bits per heavy atom. The molecule has 2 rings (SSSR count). The molecule has 0 N–H and O–H groups in total. The summed E-state index contributed by atoms with van der Waals surface area (Å²) in [4.78, 5) is 38.0. The third-order valence-corrected chi connectivity index (χ3v) is 2.53. The molecule has 0 aliphatic rings. The van der Waals surface area contributed by atoms with Gasteiger partial charge in [0.25, 0.3) is 5.56 Å². The molecular weight excluding hydrogens is 250 g/mol. The molecule has 0 saturated carbocycles. The Morgan fingerprint density at radius 2 is 1.68 bits per heavy atom. The van der Waals surface area contributed by atoms with Crippen molar-refractivity contribution in [2.24, 2.45) is 21.1 Å². The van der Waals surface area contributed by atoms with Crippen LogP contribution in [-0.2, 0) is 25.9 Å². The van der Waals surface area contributed by atoms with Gasteiger partial charge in [-0.05, 0) is 0 Å². The monoisotopic (exact) mass is 267 g/mol. The molecule has 2 aromatic rings. The number of carbonyl (C=O) groups excluding carboxylic acids is 1. The molecule has 1 amide bonds. The summed E-state index contributed by atoms with van der Waals surface area (Å²) in [5.74, 6) is 0. The van der Waals surface area contributed by atoms with Gasteiger partial charge in [-0.3, -0.25) is 18.7 Å². The van der Waals surface area contributed by atoms with Gasteiger partial charge in [0.1, 0.15) is 0 Å². The maximum atomic E-state index is 11.7. The van der Waals surface area contributed by atoms with Crippen molar-refractivity contribution in [3.05, 3.63) is 27.2 Å². The molecule has 0 aliphatic carbocycles. The normalized spacial score (nSPS) is 9.95. The Labute approximate surface area is 109 Å². The van der Waals surface area contributed by atoms with E-state index >= 15 is 0 Å². The third kappa shape index (κ3) is 2.72. The molecule has 0 saturated heterocycles. The summed E-state index contributed by atoms with van der Waals surface area (Å²) in [5, 5.41) is 0. The highest BCUT2D eigenvalue weighted by Crippen LogP contribution is 2.01. The van der Waals surface area contributed by atoms with Gasteiger partial charge in [0, 0.05) is 35.2 Å². The van der Waals surface area contributed by atoms with Crippen LogP contribution in [0.15, 0.2) is 15.9 Å². The predicted molar refractivity (Wildman–Crippen MR) is 70.9 cm³/mol. The second-order valence-corrected chi connectivity index (χ2v) is 4.30. The fourth-order valence-corrected chi connectivity index (χ4v) is 1.47. The number of hydrogen-bond donors (Lipinski definition) is 0. The van der Waals surface area contributed by atoms with Crippen LogP contribution in [0.2, 0.25) is 0 Å². The molecule has 19 heavy (non-hydrogen) atoms. The largest absolute Gasteiger partial charge is 0.351 e. The van der Waals surface area contributed by atoms with Crippen molar-refractivity contribution in [1.82, 2.24) is 23.6 Å². The van der Waals surface area contributed by atoms with Crippen LogP contribution in [0.3, 0.4) is 0 Å². The van der Waals surface area contributed by atoms with Crippen molar-refractivity contribution in [2.45, 2.75) is 0 Å². The van der Waals surface area contributed by atoms with Crippen molar-refractivity contribution in [3.63, 3.8) is 0 Å². The lowest BCUT2D eigenvalue weighted by Crippen LogP contribution is -2.37. The van der Waals surface area contributed by atoms with E-state index in [0.29, 0.717) is 11.2 Å². The number of rotatable bonds is 1. The number of nitrogens with zero attached hydrogens (tertiary/aromatic N) is 5. The zero-order valence-corrected chi connectivity index (χ0v) is 11.6. The number of imidazole rings is 1. The summed E-state index contributed by atoms with van der Waals surface area (Å²) in [7, 11) is 8.15. The topological polar surface area (TPSA) is 82.1 Å². The lowest BCUT2D eigenvalue weighted by Gasteiger charge is -2.02. The van der Waals surface area contributed by atoms with Crippen LogP contribution in [0.4, 0.5) is 0 Å². The molecule has 8 heteroatoms.